The minimum Gasteiger partial charge on any atom is -0.465 e. The number of cyclic esters (lactones) is 1. The summed E-state index contributed by atoms with van der Waals surface area (Å²) in [5.74, 6) is -1.23. The molecule has 2 bridgehead atoms. The van der Waals surface area contributed by atoms with Crippen LogP contribution in [0.3, 0.4) is 0 Å². The molecule has 1 aliphatic carbocycles. The molecular weight excluding hydrogens is 340 g/mol. The van der Waals surface area contributed by atoms with Crippen LogP contribution in [-0.2, 0) is 33.3 Å². The van der Waals surface area contributed by atoms with Crippen LogP contribution in [0.5, 0.6) is 0 Å². The summed E-state index contributed by atoms with van der Waals surface area (Å²) < 4.78 is 23.2. The number of rotatable bonds is 4. The van der Waals surface area contributed by atoms with Crippen molar-refractivity contribution in [1.82, 2.24) is 0 Å². The average Bonchev–Trinajstić information content (AvgIpc) is 3.27. The second-order valence-corrected chi connectivity index (χ2v) is 8.47. The van der Waals surface area contributed by atoms with Crippen molar-refractivity contribution in [2.75, 3.05) is 6.61 Å². The second kappa shape index (κ2) is 4.80. The number of esters is 3. The van der Waals surface area contributed by atoms with Gasteiger partial charge in [-0.15, -0.1) is 0 Å². The van der Waals surface area contributed by atoms with Crippen molar-refractivity contribution >= 4 is 17.9 Å². The summed E-state index contributed by atoms with van der Waals surface area (Å²) in [5, 5.41) is 0. The van der Waals surface area contributed by atoms with Gasteiger partial charge in [-0.2, -0.15) is 0 Å². The molecule has 5 aliphatic rings. The molecule has 26 heavy (non-hydrogen) atoms. The van der Waals surface area contributed by atoms with Crippen molar-refractivity contribution in [3.63, 3.8) is 0 Å². The molecule has 4 heterocycles. The Kier molecular flexibility index (Phi) is 3.05. The molecule has 5 fully saturated rings. The maximum Gasteiger partial charge on any atom is 0.317 e. The molecule has 8 atom stereocenters. The molecule has 0 radical (unpaired) electrons. The molecule has 0 amide bonds. The van der Waals surface area contributed by atoms with E-state index in [2.05, 4.69) is 6.92 Å². The molecule has 0 aromatic heterocycles. The highest BCUT2D eigenvalue weighted by Gasteiger charge is 2.97. The molecule has 0 aromatic rings. The molecule has 2 spiro atoms. The van der Waals surface area contributed by atoms with Crippen molar-refractivity contribution in [2.24, 2.45) is 22.7 Å². The molecule has 7 nitrogen and oxygen atoms in total. The molecule has 8 unspecified atom stereocenters. The zero-order chi connectivity index (χ0) is 18.5. The number of hydrogen-bond donors (Lipinski definition) is 0. The second-order valence-electron chi connectivity index (χ2n) is 8.47. The third kappa shape index (κ3) is 1.34. The standard InChI is InChI=1S/C19H24O7/c1-4-6-9-7-10-8-23-15(21)18(10)14-12(24-11(20)5-2)13-17(3,26-14)19(9,18)16(22)25-13/h9-10,12-14H,4-8H2,1-3H3. The van der Waals surface area contributed by atoms with Crippen LogP contribution in [0.15, 0.2) is 0 Å². The van der Waals surface area contributed by atoms with Gasteiger partial charge >= 0.3 is 17.9 Å². The van der Waals surface area contributed by atoms with E-state index in [1.54, 1.807) is 6.92 Å². The van der Waals surface area contributed by atoms with Gasteiger partial charge in [0, 0.05) is 12.3 Å². The number of ether oxygens (including phenoxy) is 4. The number of carbonyl (C=O) groups is 3. The third-order valence-electron chi connectivity index (χ3n) is 7.72. The van der Waals surface area contributed by atoms with E-state index in [9.17, 15) is 14.4 Å². The molecule has 0 N–H and O–H groups in total. The summed E-state index contributed by atoms with van der Waals surface area (Å²) in [5.41, 5.74) is -3.09. The maximum atomic E-state index is 13.3. The van der Waals surface area contributed by atoms with Gasteiger partial charge < -0.3 is 18.9 Å². The first-order valence-electron chi connectivity index (χ1n) is 9.65. The first kappa shape index (κ1) is 16.5. The maximum absolute atomic E-state index is 13.3. The summed E-state index contributed by atoms with van der Waals surface area (Å²) in [6, 6.07) is 0. The first-order chi connectivity index (χ1) is 12.4. The lowest BCUT2D eigenvalue weighted by Gasteiger charge is -2.45. The highest BCUT2D eigenvalue weighted by molar-refractivity contribution is 5.97. The van der Waals surface area contributed by atoms with Crippen LogP contribution in [0, 0.1) is 22.7 Å². The quantitative estimate of drug-likeness (QED) is 0.550. The largest absolute Gasteiger partial charge is 0.465 e. The van der Waals surface area contributed by atoms with E-state index >= 15 is 0 Å². The Morgan fingerprint density at radius 1 is 1.23 bits per heavy atom. The lowest BCUT2D eigenvalue weighted by molar-refractivity contribution is -0.169. The van der Waals surface area contributed by atoms with E-state index in [0.717, 1.165) is 19.3 Å². The van der Waals surface area contributed by atoms with Gasteiger partial charge in [0.2, 0.25) is 0 Å². The van der Waals surface area contributed by atoms with Crippen LogP contribution in [0.25, 0.3) is 0 Å². The topological polar surface area (TPSA) is 88.1 Å². The van der Waals surface area contributed by atoms with E-state index < -0.39 is 34.7 Å². The van der Waals surface area contributed by atoms with Crippen molar-refractivity contribution in [1.29, 1.82) is 0 Å². The lowest BCUT2D eigenvalue weighted by Crippen LogP contribution is -2.65. The third-order valence-corrected chi connectivity index (χ3v) is 7.72. The van der Waals surface area contributed by atoms with Crippen molar-refractivity contribution < 1.29 is 33.3 Å². The van der Waals surface area contributed by atoms with Gasteiger partial charge in [0.05, 0.1) is 6.61 Å². The van der Waals surface area contributed by atoms with Crippen LogP contribution in [0.1, 0.15) is 46.5 Å². The van der Waals surface area contributed by atoms with Gasteiger partial charge in [0.1, 0.15) is 22.5 Å². The van der Waals surface area contributed by atoms with Crippen LogP contribution >= 0.6 is 0 Å². The molecule has 1 saturated carbocycles. The summed E-state index contributed by atoms with van der Waals surface area (Å²) in [7, 11) is 0. The fourth-order valence-corrected chi connectivity index (χ4v) is 7.08. The number of hydrogen-bond acceptors (Lipinski definition) is 7. The van der Waals surface area contributed by atoms with Crippen LogP contribution in [-0.4, -0.2) is 48.4 Å². The van der Waals surface area contributed by atoms with Crippen LogP contribution in [0.2, 0.25) is 0 Å². The summed E-state index contributed by atoms with van der Waals surface area (Å²) in [4.78, 5) is 38.4. The normalized spacial score (nSPS) is 52.7. The average molecular weight is 364 g/mol. The van der Waals surface area contributed by atoms with Gasteiger partial charge in [0.15, 0.2) is 12.2 Å². The number of fused-ring (bicyclic) bond motifs is 1. The molecule has 4 saturated heterocycles. The van der Waals surface area contributed by atoms with E-state index in [4.69, 9.17) is 18.9 Å². The molecular formula is C19H24O7. The van der Waals surface area contributed by atoms with Gasteiger partial charge in [-0.3, -0.25) is 14.4 Å². The first-order valence-corrected chi connectivity index (χ1v) is 9.65. The minimum absolute atomic E-state index is 0.0145. The van der Waals surface area contributed by atoms with Gasteiger partial charge in [-0.05, 0) is 25.7 Å². The van der Waals surface area contributed by atoms with Crippen molar-refractivity contribution in [2.45, 2.75) is 70.4 Å². The molecule has 142 valence electrons. The fraction of sp³-hybridized carbons (Fsp3) is 0.842. The smallest absolute Gasteiger partial charge is 0.317 e. The van der Waals surface area contributed by atoms with Gasteiger partial charge in [-0.1, -0.05) is 20.3 Å². The van der Waals surface area contributed by atoms with Crippen LogP contribution < -0.4 is 0 Å². The summed E-state index contributed by atoms with van der Waals surface area (Å²) in [6.07, 6.45) is 0.612. The molecule has 0 aromatic carbocycles. The highest BCUT2D eigenvalue weighted by Crippen LogP contribution is 2.81. The SMILES string of the molecule is CCCC1CC2COC(=O)C23C2OC4(C)C(OC(=O)C143)C2OC(=O)CC. The summed E-state index contributed by atoms with van der Waals surface area (Å²) in [6.45, 7) is 5.94. The minimum atomic E-state index is -1.09. The zero-order valence-electron chi connectivity index (χ0n) is 15.3. The van der Waals surface area contributed by atoms with E-state index in [-0.39, 0.29) is 36.2 Å². The predicted molar refractivity (Wildman–Crippen MR) is 85.7 cm³/mol. The Balaban J connectivity index is 1.72. The Bertz CT molecular complexity index is 719. The van der Waals surface area contributed by atoms with E-state index in [1.165, 1.54) is 0 Å². The highest BCUT2D eigenvalue weighted by atomic mass is 16.7. The molecule has 7 heteroatoms. The van der Waals surface area contributed by atoms with Gasteiger partial charge in [-0.25, -0.2) is 0 Å². The van der Waals surface area contributed by atoms with Crippen molar-refractivity contribution in [3.8, 4) is 0 Å². The van der Waals surface area contributed by atoms with Crippen molar-refractivity contribution in [3.05, 3.63) is 0 Å². The lowest BCUT2D eigenvalue weighted by atomic mass is 9.49. The Morgan fingerprint density at radius 2 is 2.00 bits per heavy atom. The predicted octanol–water partition coefficient (Wildman–Crippen LogP) is 1.37. The van der Waals surface area contributed by atoms with Crippen LogP contribution in [0.4, 0.5) is 0 Å². The zero-order valence-corrected chi connectivity index (χ0v) is 15.3. The Labute approximate surface area is 151 Å². The molecule has 4 aliphatic heterocycles. The summed E-state index contributed by atoms with van der Waals surface area (Å²) >= 11 is 0. The Hall–Kier alpha value is -1.63. The number of carbonyl (C=O) groups excluding carboxylic acids is 3. The van der Waals surface area contributed by atoms with E-state index in [0.29, 0.717) is 6.61 Å². The fourth-order valence-electron chi connectivity index (χ4n) is 7.08. The van der Waals surface area contributed by atoms with E-state index in [1.807, 2.05) is 6.92 Å². The van der Waals surface area contributed by atoms with Gasteiger partial charge in [0.25, 0.3) is 0 Å². The molecule has 5 rings (SSSR count). The monoisotopic (exact) mass is 364 g/mol. The Morgan fingerprint density at radius 3 is 2.69 bits per heavy atom.